The second-order valence-corrected chi connectivity index (χ2v) is 11.0. The first kappa shape index (κ1) is 30.8. The number of esters is 1. The molecular formula is C27H37F3N2O7. The number of hydrogen-bond acceptors (Lipinski definition) is 9. The van der Waals surface area contributed by atoms with E-state index in [0.29, 0.717) is 11.3 Å². The highest BCUT2D eigenvalue weighted by Crippen LogP contribution is 2.38. The Morgan fingerprint density at radius 2 is 1.90 bits per heavy atom. The second kappa shape index (κ2) is 11.8. The highest BCUT2D eigenvalue weighted by atomic mass is 19.4. The van der Waals surface area contributed by atoms with Gasteiger partial charge in [0.1, 0.15) is 23.8 Å². The number of nitrogens with one attached hydrogen (secondary N) is 1. The first-order chi connectivity index (χ1) is 18.1. The zero-order valence-electron chi connectivity index (χ0n) is 22.9. The van der Waals surface area contributed by atoms with E-state index in [0.717, 1.165) is 6.08 Å². The fourth-order valence-corrected chi connectivity index (χ4v) is 4.97. The molecule has 3 heterocycles. The number of aromatic nitrogens is 1. The molecule has 7 atom stereocenters. The molecule has 2 unspecified atom stereocenters. The van der Waals surface area contributed by atoms with Crippen LogP contribution in [0.25, 0.3) is 6.08 Å². The quantitative estimate of drug-likeness (QED) is 0.288. The van der Waals surface area contributed by atoms with Gasteiger partial charge in [-0.25, -0.2) is 0 Å². The van der Waals surface area contributed by atoms with Gasteiger partial charge in [0.15, 0.2) is 0 Å². The van der Waals surface area contributed by atoms with Crippen LogP contribution < -0.4 is 10.1 Å². The minimum atomic E-state index is -4.63. The lowest BCUT2D eigenvalue weighted by atomic mass is 9.73. The summed E-state index contributed by atoms with van der Waals surface area (Å²) in [4.78, 5) is 30.2. The van der Waals surface area contributed by atoms with E-state index in [-0.39, 0.29) is 18.9 Å². The number of aliphatic hydroxyl groups excluding tert-OH is 2. The Balaban J connectivity index is 1.98. The molecule has 0 spiro atoms. The third-order valence-corrected chi connectivity index (χ3v) is 7.80. The highest BCUT2D eigenvalue weighted by Gasteiger charge is 2.49. The topological polar surface area (TPSA) is 141 Å². The van der Waals surface area contributed by atoms with Gasteiger partial charge in [0.05, 0.1) is 31.2 Å². The molecule has 9 nitrogen and oxygen atoms in total. The number of carbonyl (C=O) groups excluding carboxylic acids is 2. The average Bonchev–Trinajstić information content (AvgIpc) is 3.49. The van der Waals surface area contributed by atoms with E-state index in [9.17, 15) is 33.0 Å². The Labute approximate surface area is 225 Å². The van der Waals surface area contributed by atoms with Crippen molar-refractivity contribution in [3.8, 4) is 6.08 Å². The van der Waals surface area contributed by atoms with Gasteiger partial charge in [-0.2, -0.15) is 18.2 Å². The number of nitrogens with zero attached hydrogens (tertiary/aromatic N) is 1. The molecule has 1 fully saturated rings. The van der Waals surface area contributed by atoms with E-state index < -0.39 is 77.6 Å². The maximum Gasteiger partial charge on any atom is 0.412 e. The molecule has 39 heavy (non-hydrogen) atoms. The molecule has 0 bridgehead atoms. The maximum atomic E-state index is 14.0. The zero-order chi connectivity index (χ0) is 29.3. The third kappa shape index (κ3) is 7.29. The predicted octanol–water partition coefficient (Wildman–Crippen LogP) is 3.60. The van der Waals surface area contributed by atoms with Crippen LogP contribution in [0.15, 0.2) is 27.9 Å². The van der Waals surface area contributed by atoms with Crippen LogP contribution in [-0.2, 0) is 14.3 Å². The summed E-state index contributed by atoms with van der Waals surface area (Å²) in [5.74, 6) is -2.80. The number of methoxy groups -OCH3 is 1. The van der Waals surface area contributed by atoms with Gasteiger partial charge in [-0.15, -0.1) is 0 Å². The van der Waals surface area contributed by atoms with E-state index >= 15 is 0 Å². The normalized spacial score (nSPS) is 34.5. The Hall–Kier alpha value is -2.70. The van der Waals surface area contributed by atoms with Gasteiger partial charge in [-0.1, -0.05) is 33.8 Å². The highest BCUT2D eigenvalue weighted by molar-refractivity contribution is 5.88. The number of fused-ring (bicyclic) bond motifs is 1. The number of carbonyl (C=O) groups is 2. The molecule has 1 aromatic rings. The van der Waals surface area contributed by atoms with Crippen molar-refractivity contribution in [1.29, 1.82) is 0 Å². The van der Waals surface area contributed by atoms with Crippen LogP contribution in [0.1, 0.15) is 59.6 Å². The Kier molecular flexibility index (Phi) is 9.34. The predicted molar refractivity (Wildman–Crippen MR) is 134 cm³/mol. The molecule has 0 saturated carbocycles. The smallest absolute Gasteiger partial charge is 0.412 e. The lowest BCUT2D eigenvalue weighted by molar-refractivity contribution is -0.154. The number of halogens is 3. The number of cyclic esters (lactones) is 1. The summed E-state index contributed by atoms with van der Waals surface area (Å²) in [6.45, 7) is 7.74. The van der Waals surface area contributed by atoms with Gasteiger partial charge in [0, 0.05) is 30.0 Å². The number of alkyl halides is 3. The van der Waals surface area contributed by atoms with Gasteiger partial charge in [-0.05, 0) is 30.9 Å². The fourth-order valence-electron chi connectivity index (χ4n) is 4.97. The number of rotatable bonds is 3. The number of ketones is 1. The van der Waals surface area contributed by atoms with Gasteiger partial charge >= 0.3 is 18.2 Å². The number of aliphatic hydroxyl groups is 2. The van der Waals surface area contributed by atoms with Crippen molar-refractivity contribution >= 4 is 17.8 Å². The SMILES string of the molecule is COc1nc(/C=C(\C)[C@@H]2C/C=C(/C(F)(F)F)CC3NC3[C@H](C)[C@H](O)[C@@H](C)C(=O)C(C)(C)[C@@H](O)CC(=O)O2)co1. The molecular weight excluding hydrogens is 521 g/mol. The number of ether oxygens (including phenoxy) is 2. The Morgan fingerprint density at radius 1 is 1.23 bits per heavy atom. The van der Waals surface area contributed by atoms with E-state index in [2.05, 4.69) is 10.3 Å². The summed E-state index contributed by atoms with van der Waals surface area (Å²) < 4.78 is 57.4. The largest absolute Gasteiger partial charge is 0.457 e. The van der Waals surface area contributed by atoms with E-state index in [1.54, 1.807) is 13.8 Å². The second-order valence-electron chi connectivity index (χ2n) is 11.0. The van der Waals surface area contributed by atoms with Crippen molar-refractivity contribution in [1.82, 2.24) is 10.3 Å². The van der Waals surface area contributed by atoms with Crippen molar-refractivity contribution in [3.63, 3.8) is 0 Å². The van der Waals surface area contributed by atoms with Crippen LogP contribution in [-0.4, -0.2) is 70.6 Å². The van der Waals surface area contributed by atoms with Crippen molar-refractivity contribution in [2.45, 2.75) is 90.5 Å². The van der Waals surface area contributed by atoms with Crippen LogP contribution in [0.2, 0.25) is 0 Å². The monoisotopic (exact) mass is 558 g/mol. The van der Waals surface area contributed by atoms with Crippen LogP contribution in [0.3, 0.4) is 0 Å². The minimum Gasteiger partial charge on any atom is -0.457 e. The van der Waals surface area contributed by atoms with E-state index in [4.69, 9.17) is 13.9 Å². The van der Waals surface area contributed by atoms with E-state index in [1.165, 1.54) is 40.2 Å². The lowest BCUT2D eigenvalue weighted by Gasteiger charge is -2.34. The maximum absolute atomic E-state index is 14.0. The standard InChI is InChI=1S/C27H37F3N2O7/c1-13(9-17-12-38-25(31-17)37-6)19-8-7-16(27(28,29)30)10-18-22(32-18)14(2)23(35)15(3)24(36)26(4,5)20(33)11-21(34)39-19/h7,9,12,14-15,18-20,22-23,32-33,35H,8,10-11H2,1-6H3/b13-9+,16-7+/t14-,15+,18?,19-,20-,22?,23-/m0/s1. The number of hydrogen-bond donors (Lipinski definition) is 3. The molecule has 1 aromatic heterocycles. The van der Waals surface area contributed by atoms with Crippen LogP contribution in [0.4, 0.5) is 13.2 Å². The van der Waals surface area contributed by atoms with Crippen molar-refractivity contribution in [2.24, 2.45) is 17.3 Å². The Bertz CT molecular complexity index is 1110. The first-order valence-corrected chi connectivity index (χ1v) is 12.9. The van der Waals surface area contributed by atoms with Gasteiger partial charge in [0.2, 0.25) is 0 Å². The lowest BCUT2D eigenvalue weighted by Crippen LogP contribution is -2.46. The summed E-state index contributed by atoms with van der Waals surface area (Å²) in [6, 6.07) is -0.962. The average molecular weight is 559 g/mol. The molecule has 0 aromatic carbocycles. The number of Topliss-reactive ketones (excluding diaryl/α,β-unsaturated/α-hetero) is 1. The molecule has 0 radical (unpaired) electrons. The summed E-state index contributed by atoms with van der Waals surface area (Å²) in [6.07, 6.45) is -5.78. The van der Waals surface area contributed by atoms with Gasteiger partial charge < -0.3 is 29.4 Å². The molecule has 3 rings (SSSR count). The zero-order valence-corrected chi connectivity index (χ0v) is 22.9. The molecule has 218 valence electrons. The van der Waals surface area contributed by atoms with Crippen molar-refractivity contribution in [2.75, 3.05) is 7.11 Å². The number of oxazole rings is 1. The van der Waals surface area contributed by atoms with Crippen LogP contribution >= 0.6 is 0 Å². The summed E-state index contributed by atoms with van der Waals surface area (Å²) in [7, 11) is 1.36. The summed E-state index contributed by atoms with van der Waals surface area (Å²) in [5, 5.41) is 24.7. The van der Waals surface area contributed by atoms with Crippen molar-refractivity contribution in [3.05, 3.63) is 29.2 Å². The fraction of sp³-hybridized carbons (Fsp3) is 0.667. The first-order valence-electron chi connectivity index (χ1n) is 12.9. The summed E-state index contributed by atoms with van der Waals surface area (Å²) >= 11 is 0. The van der Waals surface area contributed by atoms with Gasteiger partial charge in [0.25, 0.3) is 0 Å². The third-order valence-electron chi connectivity index (χ3n) is 7.80. The van der Waals surface area contributed by atoms with Crippen LogP contribution in [0.5, 0.6) is 6.08 Å². The molecule has 2 aliphatic heterocycles. The molecule has 1 saturated heterocycles. The van der Waals surface area contributed by atoms with Crippen LogP contribution in [0, 0.1) is 17.3 Å². The molecule has 12 heteroatoms. The molecule has 3 N–H and O–H groups in total. The molecule has 2 aliphatic rings. The summed E-state index contributed by atoms with van der Waals surface area (Å²) in [5.41, 5.74) is -1.49. The van der Waals surface area contributed by atoms with E-state index in [1.807, 2.05) is 0 Å². The van der Waals surface area contributed by atoms with Crippen molar-refractivity contribution < 1.29 is 46.9 Å². The molecule has 0 amide bonds. The minimum absolute atomic E-state index is 0.0154. The Morgan fingerprint density at radius 3 is 2.49 bits per heavy atom. The van der Waals surface area contributed by atoms with Gasteiger partial charge in [-0.3, -0.25) is 9.59 Å². The molecule has 0 aliphatic carbocycles.